The first-order valence-electron chi connectivity index (χ1n) is 2.54. The van der Waals surface area contributed by atoms with Crippen molar-refractivity contribution in [1.82, 2.24) is 0 Å². The van der Waals surface area contributed by atoms with Gasteiger partial charge in [0.1, 0.15) is 4.58 Å². The molecule has 0 aromatic rings. The zero-order chi connectivity index (χ0) is 7.78. The fourth-order valence-electron chi connectivity index (χ4n) is 0.612. The Morgan fingerprint density at radius 3 is 2.60 bits per heavy atom. The van der Waals surface area contributed by atoms with Crippen molar-refractivity contribution in [3.8, 4) is 0 Å². The number of hydrogen-bond donors (Lipinski definition) is 1. The van der Waals surface area contributed by atoms with E-state index in [4.69, 9.17) is 16.7 Å². The predicted molar refractivity (Wildman–Crippen MR) is 43.0 cm³/mol. The average Bonchev–Trinajstić information content (AvgIpc) is 2.11. The van der Waals surface area contributed by atoms with Crippen molar-refractivity contribution in [3.05, 3.63) is 10.4 Å². The number of halogens is 1. The molecule has 1 heterocycles. The highest BCUT2D eigenvalue weighted by Gasteiger charge is 2.26. The Hall–Kier alpha value is 0.290. The molecule has 0 aliphatic carbocycles. The summed E-state index contributed by atoms with van der Waals surface area (Å²) in [4.78, 5) is 0. The summed E-state index contributed by atoms with van der Waals surface area (Å²) in [5.41, 5.74) is 0. The van der Waals surface area contributed by atoms with Gasteiger partial charge in [-0.15, -0.1) is 0 Å². The number of thioether (sulfide) groups is 1. The van der Waals surface area contributed by atoms with E-state index in [1.807, 2.05) is 0 Å². The van der Waals surface area contributed by atoms with E-state index < -0.39 is 14.6 Å². The molecule has 3 nitrogen and oxygen atoms in total. The van der Waals surface area contributed by atoms with Crippen molar-refractivity contribution in [2.75, 3.05) is 0 Å². The van der Waals surface area contributed by atoms with Crippen LogP contribution in [0.5, 0.6) is 0 Å². The van der Waals surface area contributed by atoms with E-state index in [0.717, 1.165) is 11.8 Å². The molecule has 1 aliphatic rings. The molecule has 0 fully saturated rings. The molecule has 0 bridgehead atoms. The summed E-state index contributed by atoms with van der Waals surface area (Å²) >= 11 is 6.60. The van der Waals surface area contributed by atoms with Gasteiger partial charge in [0.05, 0.1) is 4.36 Å². The van der Waals surface area contributed by atoms with Gasteiger partial charge in [-0.25, -0.2) is 13.6 Å². The van der Waals surface area contributed by atoms with E-state index in [9.17, 15) is 8.42 Å². The Balaban J connectivity index is 2.68. The second-order valence-electron chi connectivity index (χ2n) is 1.88. The molecule has 1 unspecified atom stereocenters. The molecule has 0 spiro atoms. The lowest BCUT2D eigenvalue weighted by atomic mass is 10.5. The lowest BCUT2D eigenvalue weighted by Gasteiger charge is -2.03. The summed E-state index contributed by atoms with van der Waals surface area (Å²) < 4.78 is 21.2. The minimum Gasteiger partial charge on any atom is -0.228 e. The maximum absolute atomic E-state index is 10.6. The molecule has 2 N–H and O–H groups in total. The lowest BCUT2D eigenvalue weighted by molar-refractivity contribution is 0.595. The fraction of sp³-hybridized carbons (Fsp3) is 0.500. The summed E-state index contributed by atoms with van der Waals surface area (Å²) in [6.45, 7) is 0. The molecule has 6 heteroatoms. The molecule has 0 amide bonds. The smallest absolute Gasteiger partial charge is 0.222 e. The van der Waals surface area contributed by atoms with Crippen LogP contribution in [0.25, 0.3) is 0 Å². The van der Waals surface area contributed by atoms with Gasteiger partial charge in [-0.1, -0.05) is 29.4 Å². The van der Waals surface area contributed by atoms with Gasteiger partial charge >= 0.3 is 0 Å². The Bertz CT molecular complexity index is 258. The van der Waals surface area contributed by atoms with Crippen LogP contribution in [0.4, 0.5) is 0 Å². The van der Waals surface area contributed by atoms with E-state index in [1.165, 1.54) is 0 Å². The quantitative estimate of drug-likeness (QED) is 0.680. The van der Waals surface area contributed by atoms with Gasteiger partial charge < -0.3 is 0 Å². The van der Waals surface area contributed by atoms with Crippen molar-refractivity contribution in [3.63, 3.8) is 0 Å². The molecule has 1 atom stereocenters. The number of hydrogen-bond acceptors (Lipinski definition) is 3. The van der Waals surface area contributed by atoms with Crippen LogP contribution in [0.3, 0.4) is 0 Å². The predicted octanol–water partition coefficient (Wildman–Crippen LogP) is 0.818. The van der Waals surface area contributed by atoms with Crippen molar-refractivity contribution in [2.24, 2.45) is 5.14 Å². The number of allylic oxidation sites excluding steroid dienone is 1. The fourth-order valence-corrected chi connectivity index (χ4v) is 3.03. The minimum atomic E-state index is -3.41. The first kappa shape index (κ1) is 8.39. The third kappa shape index (κ3) is 1.88. The van der Waals surface area contributed by atoms with Crippen LogP contribution >= 0.6 is 23.4 Å². The van der Waals surface area contributed by atoms with Gasteiger partial charge in [-0.3, -0.25) is 0 Å². The zero-order valence-corrected chi connectivity index (χ0v) is 7.34. The highest BCUT2D eigenvalue weighted by molar-refractivity contribution is 8.16. The van der Waals surface area contributed by atoms with Gasteiger partial charge in [-0.05, 0) is 6.42 Å². The van der Waals surface area contributed by atoms with E-state index in [-0.39, 0.29) is 0 Å². The first-order chi connectivity index (χ1) is 4.50. The molecule has 10 heavy (non-hydrogen) atoms. The Labute approximate surface area is 68.7 Å². The van der Waals surface area contributed by atoms with E-state index in [0.29, 0.717) is 10.8 Å². The van der Waals surface area contributed by atoms with E-state index in [2.05, 4.69) is 0 Å². The van der Waals surface area contributed by atoms with Crippen LogP contribution in [-0.4, -0.2) is 13.0 Å². The third-order valence-corrected chi connectivity index (χ3v) is 4.37. The summed E-state index contributed by atoms with van der Waals surface area (Å²) in [6, 6.07) is 0. The Morgan fingerprint density at radius 2 is 2.40 bits per heavy atom. The second kappa shape index (κ2) is 2.73. The molecule has 0 saturated carbocycles. The van der Waals surface area contributed by atoms with Gasteiger partial charge in [-0.2, -0.15) is 0 Å². The van der Waals surface area contributed by atoms with Crippen molar-refractivity contribution >= 4 is 33.4 Å². The standard InChI is InChI=1S/C4H6ClNO2S2/c5-3-1-2-4(9-3)10(6,7)8/h1,4H,2H2,(H2,6,7,8). The van der Waals surface area contributed by atoms with Gasteiger partial charge in [0.15, 0.2) is 0 Å². The Morgan fingerprint density at radius 1 is 1.80 bits per heavy atom. The number of rotatable bonds is 1. The molecule has 0 radical (unpaired) electrons. The number of primary sulfonamides is 1. The highest BCUT2D eigenvalue weighted by atomic mass is 35.5. The van der Waals surface area contributed by atoms with Gasteiger partial charge in [0.25, 0.3) is 0 Å². The Kier molecular flexibility index (Phi) is 2.29. The van der Waals surface area contributed by atoms with Crippen LogP contribution in [0.15, 0.2) is 10.4 Å². The SMILES string of the molecule is NS(=O)(=O)C1CC=C(Cl)S1. The largest absolute Gasteiger partial charge is 0.228 e. The molecule has 0 aromatic carbocycles. The van der Waals surface area contributed by atoms with Crippen LogP contribution in [0.2, 0.25) is 0 Å². The summed E-state index contributed by atoms with van der Waals surface area (Å²) in [7, 11) is -3.41. The molecule has 0 saturated heterocycles. The second-order valence-corrected chi connectivity index (χ2v) is 5.80. The molecule has 0 aromatic heterocycles. The molecular weight excluding hydrogens is 194 g/mol. The van der Waals surface area contributed by atoms with Crippen molar-refractivity contribution < 1.29 is 8.42 Å². The number of nitrogens with two attached hydrogens (primary N) is 1. The topological polar surface area (TPSA) is 60.2 Å². The normalized spacial score (nSPS) is 26.6. The van der Waals surface area contributed by atoms with Crippen LogP contribution in [0, 0.1) is 0 Å². The van der Waals surface area contributed by atoms with Gasteiger partial charge in [0, 0.05) is 0 Å². The van der Waals surface area contributed by atoms with E-state index >= 15 is 0 Å². The molecule has 58 valence electrons. The first-order valence-corrected chi connectivity index (χ1v) is 5.41. The summed E-state index contributed by atoms with van der Waals surface area (Å²) in [5, 5.41) is 4.86. The highest BCUT2D eigenvalue weighted by Crippen LogP contribution is 2.36. The molecule has 1 aliphatic heterocycles. The third-order valence-electron chi connectivity index (χ3n) is 1.08. The average molecular weight is 200 g/mol. The van der Waals surface area contributed by atoms with Crippen LogP contribution in [-0.2, 0) is 10.0 Å². The molecular formula is C4H6ClNO2S2. The monoisotopic (exact) mass is 199 g/mol. The van der Waals surface area contributed by atoms with E-state index in [1.54, 1.807) is 6.08 Å². The van der Waals surface area contributed by atoms with Crippen LogP contribution < -0.4 is 5.14 Å². The van der Waals surface area contributed by atoms with Crippen molar-refractivity contribution in [1.29, 1.82) is 0 Å². The van der Waals surface area contributed by atoms with Crippen molar-refractivity contribution in [2.45, 2.75) is 11.0 Å². The minimum absolute atomic E-state index is 0.419. The summed E-state index contributed by atoms with van der Waals surface area (Å²) in [5.74, 6) is 0. The zero-order valence-electron chi connectivity index (χ0n) is 4.95. The maximum atomic E-state index is 10.6. The van der Waals surface area contributed by atoms with Crippen LogP contribution in [0.1, 0.15) is 6.42 Å². The summed E-state index contributed by atoms with van der Waals surface area (Å²) in [6.07, 6.45) is 2.07. The maximum Gasteiger partial charge on any atom is 0.222 e. The van der Waals surface area contributed by atoms with Gasteiger partial charge in [0.2, 0.25) is 10.0 Å². The lowest BCUT2D eigenvalue weighted by Crippen LogP contribution is -2.23. The number of sulfonamides is 1. The molecule has 1 rings (SSSR count).